The average Bonchev–Trinajstić information content (AvgIpc) is 3.68. The summed E-state index contributed by atoms with van der Waals surface area (Å²) in [5.41, 5.74) is 4.66. The molecule has 14 heteroatoms. The fourth-order valence-electron chi connectivity index (χ4n) is 5.67. The standard InChI is InChI=1S/C32H32FN11OS/c1-3-25-29(41(2)32-40-28(26(14-34)46-32)20-4-7-23(33)8-5-20)44-19-21(6-9-27(44)39-25)22-15-36-30(37-16-22)42-10-12-43(13-11-42)31(45)38-24-17-35-18-24/h4-9,15-16,19,24,35H,3,10-13,17-18H2,1-2H3,(H,38,45). The molecule has 234 valence electrons. The molecule has 2 saturated heterocycles. The third-order valence-corrected chi connectivity index (χ3v) is 9.40. The fourth-order valence-corrected chi connectivity index (χ4v) is 6.51. The van der Waals surface area contributed by atoms with Gasteiger partial charge >= 0.3 is 6.03 Å². The number of hydrogen-bond donors (Lipinski definition) is 2. The minimum Gasteiger partial charge on any atom is -0.337 e. The Bertz CT molecular complexity index is 1920. The highest BCUT2D eigenvalue weighted by atomic mass is 32.1. The molecule has 0 atom stereocenters. The van der Waals surface area contributed by atoms with Crippen molar-refractivity contribution in [1.82, 2.24) is 39.9 Å². The van der Waals surface area contributed by atoms with E-state index in [1.807, 2.05) is 52.0 Å². The molecule has 12 nitrogen and oxygen atoms in total. The molecule has 46 heavy (non-hydrogen) atoms. The van der Waals surface area contributed by atoms with Crippen LogP contribution in [0.15, 0.2) is 55.0 Å². The van der Waals surface area contributed by atoms with Gasteiger partial charge in [-0.2, -0.15) is 5.26 Å². The highest BCUT2D eigenvalue weighted by Crippen LogP contribution is 2.37. The zero-order chi connectivity index (χ0) is 31.8. The van der Waals surface area contributed by atoms with Gasteiger partial charge in [0.25, 0.3) is 0 Å². The van der Waals surface area contributed by atoms with E-state index in [-0.39, 0.29) is 17.9 Å². The monoisotopic (exact) mass is 637 g/mol. The Hall–Kier alpha value is -5.13. The number of thiazole rings is 1. The van der Waals surface area contributed by atoms with Crippen molar-refractivity contribution >= 4 is 39.9 Å². The van der Waals surface area contributed by atoms with Gasteiger partial charge in [0.15, 0.2) is 5.13 Å². The Kier molecular flexibility index (Phi) is 7.93. The van der Waals surface area contributed by atoms with E-state index in [2.05, 4.69) is 38.5 Å². The van der Waals surface area contributed by atoms with E-state index >= 15 is 0 Å². The van der Waals surface area contributed by atoms with Gasteiger partial charge in [-0.3, -0.25) is 4.40 Å². The molecule has 0 bridgehead atoms. The van der Waals surface area contributed by atoms with E-state index in [1.165, 1.54) is 23.5 Å². The third-order valence-electron chi connectivity index (χ3n) is 8.37. The molecule has 2 amide bonds. The first kappa shape index (κ1) is 29.6. The van der Waals surface area contributed by atoms with Crippen molar-refractivity contribution in [2.24, 2.45) is 0 Å². The number of carbonyl (C=O) groups is 1. The van der Waals surface area contributed by atoms with E-state index < -0.39 is 0 Å². The number of halogens is 1. The number of amides is 2. The summed E-state index contributed by atoms with van der Waals surface area (Å²) in [6.07, 6.45) is 6.35. The maximum Gasteiger partial charge on any atom is 0.317 e. The van der Waals surface area contributed by atoms with Crippen molar-refractivity contribution in [3.63, 3.8) is 0 Å². The molecule has 2 fully saturated rings. The summed E-state index contributed by atoms with van der Waals surface area (Å²) >= 11 is 1.28. The van der Waals surface area contributed by atoms with Crippen LogP contribution in [-0.2, 0) is 6.42 Å². The largest absolute Gasteiger partial charge is 0.337 e. The lowest BCUT2D eigenvalue weighted by atomic mass is 10.1. The number of rotatable bonds is 7. The molecular weight excluding hydrogens is 605 g/mol. The van der Waals surface area contributed by atoms with Crippen molar-refractivity contribution < 1.29 is 9.18 Å². The molecule has 1 aromatic carbocycles. The molecule has 0 radical (unpaired) electrons. The van der Waals surface area contributed by atoms with E-state index in [4.69, 9.17) is 9.97 Å². The van der Waals surface area contributed by atoms with Crippen LogP contribution < -0.4 is 20.4 Å². The quantitative estimate of drug-likeness (QED) is 0.271. The highest BCUT2D eigenvalue weighted by Gasteiger charge is 2.26. The first-order chi connectivity index (χ1) is 22.4. The topological polar surface area (TPSA) is 131 Å². The van der Waals surface area contributed by atoms with Gasteiger partial charge < -0.3 is 25.3 Å². The number of anilines is 3. The van der Waals surface area contributed by atoms with Crippen molar-refractivity contribution in [2.45, 2.75) is 19.4 Å². The average molecular weight is 638 g/mol. The number of aromatic nitrogens is 5. The lowest BCUT2D eigenvalue weighted by molar-refractivity contribution is 0.185. The van der Waals surface area contributed by atoms with Gasteiger partial charge in [-0.1, -0.05) is 18.3 Å². The number of benzene rings is 1. The van der Waals surface area contributed by atoms with Gasteiger partial charge in [-0.05, 0) is 42.8 Å². The van der Waals surface area contributed by atoms with Crippen LogP contribution in [0.25, 0.3) is 28.0 Å². The van der Waals surface area contributed by atoms with Crippen LogP contribution in [0, 0.1) is 17.1 Å². The van der Waals surface area contributed by atoms with Crippen molar-refractivity contribution in [1.29, 1.82) is 5.26 Å². The summed E-state index contributed by atoms with van der Waals surface area (Å²) in [6, 6.07) is 12.4. The Morgan fingerprint density at radius 1 is 1.07 bits per heavy atom. The third kappa shape index (κ3) is 5.59. The molecule has 2 aliphatic rings. The zero-order valence-electron chi connectivity index (χ0n) is 25.4. The minimum absolute atomic E-state index is 0.0118. The van der Waals surface area contributed by atoms with Gasteiger partial charge in [0.05, 0.1) is 11.7 Å². The Morgan fingerprint density at radius 2 is 1.78 bits per heavy atom. The Morgan fingerprint density at radius 3 is 2.43 bits per heavy atom. The smallest absolute Gasteiger partial charge is 0.317 e. The fraction of sp³-hybridized carbons (Fsp3) is 0.312. The molecule has 0 aliphatic carbocycles. The predicted molar refractivity (Wildman–Crippen MR) is 175 cm³/mol. The van der Waals surface area contributed by atoms with Crippen LogP contribution in [0.1, 0.15) is 17.5 Å². The number of aryl methyl sites for hydroxylation is 1. The van der Waals surface area contributed by atoms with Crippen LogP contribution in [-0.4, -0.2) is 87.6 Å². The van der Waals surface area contributed by atoms with E-state index in [0.29, 0.717) is 59.8 Å². The van der Waals surface area contributed by atoms with Crippen molar-refractivity contribution in [2.75, 3.05) is 56.1 Å². The lowest BCUT2D eigenvalue weighted by Gasteiger charge is -2.37. The molecule has 0 unspecified atom stereocenters. The van der Waals surface area contributed by atoms with E-state index in [0.717, 1.165) is 41.4 Å². The molecule has 2 N–H and O–H groups in total. The van der Waals surface area contributed by atoms with Crippen LogP contribution in [0.3, 0.4) is 0 Å². The number of nitriles is 1. The molecule has 0 saturated carbocycles. The number of nitrogens with zero attached hydrogens (tertiary/aromatic N) is 9. The molecule has 4 aromatic heterocycles. The number of carbonyl (C=O) groups excluding carboxylic acids is 1. The number of fused-ring (bicyclic) bond motifs is 1. The summed E-state index contributed by atoms with van der Waals surface area (Å²) < 4.78 is 15.6. The first-order valence-electron chi connectivity index (χ1n) is 15.2. The number of piperazine rings is 1. The first-order valence-corrected chi connectivity index (χ1v) is 16.0. The normalized spacial score (nSPS) is 15.1. The second-order valence-electron chi connectivity index (χ2n) is 11.3. The van der Waals surface area contributed by atoms with Gasteiger partial charge in [0, 0.05) is 81.6 Å². The Balaban J connectivity index is 1.11. The molecule has 2 aliphatic heterocycles. The van der Waals surface area contributed by atoms with Gasteiger partial charge in [-0.15, -0.1) is 0 Å². The summed E-state index contributed by atoms with van der Waals surface area (Å²) in [4.78, 5) is 37.9. The van der Waals surface area contributed by atoms with Crippen molar-refractivity contribution in [3.05, 3.63) is 71.4 Å². The molecular formula is C32H32FN11OS. The SMILES string of the molecule is CCc1nc2ccc(-c3cnc(N4CCN(C(=O)NC5CNC5)CC4)nc3)cn2c1N(C)c1nc(-c2ccc(F)cc2)c(C#N)s1. The maximum absolute atomic E-state index is 13.6. The number of imidazole rings is 1. The summed E-state index contributed by atoms with van der Waals surface area (Å²) in [5, 5.41) is 16.7. The number of pyridine rings is 1. The molecule has 5 aromatic rings. The molecule has 6 heterocycles. The summed E-state index contributed by atoms with van der Waals surface area (Å²) in [6.45, 7) is 6.27. The van der Waals surface area contributed by atoms with Crippen molar-refractivity contribution in [3.8, 4) is 28.5 Å². The predicted octanol–water partition coefficient (Wildman–Crippen LogP) is 4.06. The van der Waals surface area contributed by atoms with Crippen LogP contribution in [0.5, 0.6) is 0 Å². The van der Waals surface area contributed by atoms with E-state index in [1.54, 1.807) is 12.1 Å². The Labute approximate surface area is 269 Å². The number of urea groups is 1. The number of hydrogen-bond acceptors (Lipinski definition) is 10. The second-order valence-corrected chi connectivity index (χ2v) is 12.3. The minimum atomic E-state index is -0.342. The van der Waals surface area contributed by atoms with Crippen LogP contribution in [0.4, 0.5) is 26.1 Å². The highest BCUT2D eigenvalue weighted by molar-refractivity contribution is 7.16. The van der Waals surface area contributed by atoms with Gasteiger partial charge in [0.2, 0.25) is 5.95 Å². The second kappa shape index (κ2) is 12.3. The van der Waals surface area contributed by atoms with Crippen LogP contribution in [0.2, 0.25) is 0 Å². The molecule has 7 rings (SSSR count). The van der Waals surface area contributed by atoms with Gasteiger partial charge in [-0.25, -0.2) is 29.1 Å². The number of nitrogens with one attached hydrogen (secondary N) is 2. The summed E-state index contributed by atoms with van der Waals surface area (Å²) in [7, 11) is 1.91. The summed E-state index contributed by atoms with van der Waals surface area (Å²) in [5.74, 6) is 1.14. The lowest BCUT2D eigenvalue weighted by Crippen LogP contribution is -2.61. The zero-order valence-corrected chi connectivity index (χ0v) is 26.3. The van der Waals surface area contributed by atoms with Crippen LogP contribution >= 0.6 is 11.3 Å². The van der Waals surface area contributed by atoms with E-state index in [9.17, 15) is 14.4 Å². The maximum atomic E-state index is 13.6. The molecule has 0 spiro atoms. The van der Waals surface area contributed by atoms with Gasteiger partial charge in [0.1, 0.15) is 33.9 Å².